The number of anilines is 1. The molecule has 6 nitrogen and oxygen atoms in total. The van der Waals surface area contributed by atoms with E-state index in [9.17, 15) is 9.59 Å². The molecular formula is C17H19NO5S. The van der Waals surface area contributed by atoms with Crippen molar-refractivity contribution in [1.82, 2.24) is 0 Å². The second-order valence-corrected chi connectivity index (χ2v) is 6.22. The van der Waals surface area contributed by atoms with Gasteiger partial charge in [0.15, 0.2) is 0 Å². The van der Waals surface area contributed by atoms with Crippen molar-refractivity contribution in [3.8, 4) is 11.5 Å². The maximum Gasteiger partial charge on any atom is 0.341 e. The highest BCUT2D eigenvalue weighted by Gasteiger charge is 2.23. The van der Waals surface area contributed by atoms with Crippen LogP contribution < -0.4 is 14.8 Å². The highest BCUT2D eigenvalue weighted by Crippen LogP contribution is 2.34. The van der Waals surface area contributed by atoms with E-state index >= 15 is 0 Å². The molecule has 1 aromatic carbocycles. The van der Waals surface area contributed by atoms with Gasteiger partial charge in [0.05, 0.1) is 32.5 Å². The number of methoxy groups -OCH3 is 3. The van der Waals surface area contributed by atoms with Crippen LogP contribution in [0.25, 0.3) is 0 Å². The van der Waals surface area contributed by atoms with Crippen LogP contribution in [0, 0.1) is 13.8 Å². The number of amides is 1. The topological polar surface area (TPSA) is 73.9 Å². The fourth-order valence-corrected chi connectivity index (χ4v) is 3.26. The minimum atomic E-state index is -0.478. The summed E-state index contributed by atoms with van der Waals surface area (Å²) in [5.74, 6) is 0.118. The Morgan fingerprint density at radius 2 is 1.79 bits per heavy atom. The maximum absolute atomic E-state index is 12.6. The first-order chi connectivity index (χ1) is 11.4. The summed E-state index contributed by atoms with van der Waals surface area (Å²) in [5, 5.41) is 3.23. The maximum atomic E-state index is 12.6. The Hall–Kier alpha value is -2.54. The van der Waals surface area contributed by atoms with Gasteiger partial charge < -0.3 is 19.5 Å². The molecule has 0 saturated heterocycles. The van der Waals surface area contributed by atoms with Gasteiger partial charge in [-0.1, -0.05) is 0 Å². The number of nitrogens with one attached hydrogen (secondary N) is 1. The fourth-order valence-electron chi connectivity index (χ4n) is 2.22. The van der Waals surface area contributed by atoms with E-state index in [1.54, 1.807) is 18.2 Å². The fraction of sp³-hybridized carbons (Fsp3) is 0.294. The summed E-state index contributed by atoms with van der Waals surface area (Å²) in [5.41, 5.74) is 1.52. The highest BCUT2D eigenvalue weighted by molar-refractivity contribution is 7.16. The molecule has 0 bridgehead atoms. The Kier molecular flexibility index (Phi) is 5.46. The van der Waals surface area contributed by atoms with E-state index in [2.05, 4.69) is 5.32 Å². The summed E-state index contributed by atoms with van der Waals surface area (Å²) >= 11 is 1.33. The average Bonchev–Trinajstić information content (AvgIpc) is 2.87. The summed E-state index contributed by atoms with van der Waals surface area (Å²) in [4.78, 5) is 25.5. The van der Waals surface area contributed by atoms with Gasteiger partial charge in [0.1, 0.15) is 16.5 Å². The van der Waals surface area contributed by atoms with Gasteiger partial charge >= 0.3 is 5.97 Å². The lowest BCUT2D eigenvalue weighted by Crippen LogP contribution is -2.15. The highest BCUT2D eigenvalue weighted by atomic mass is 32.1. The first-order valence-electron chi connectivity index (χ1n) is 7.14. The number of benzene rings is 1. The Labute approximate surface area is 144 Å². The number of carbonyl (C=O) groups excluding carboxylic acids is 2. The number of ether oxygens (including phenoxy) is 3. The van der Waals surface area contributed by atoms with Crippen molar-refractivity contribution in [3.05, 3.63) is 39.8 Å². The minimum absolute atomic E-state index is 0.345. The second kappa shape index (κ2) is 7.35. The van der Waals surface area contributed by atoms with E-state index in [0.29, 0.717) is 27.6 Å². The van der Waals surface area contributed by atoms with Crippen LogP contribution in [0.1, 0.15) is 31.2 Å². The molecular weight excluding hydrogens is 330 g/mol. The lowest BCUT2D eigenvalue weighted by molar-refractivity contribution is 0.0601. The third kappa shape index (κ3) is 3.35. The number of rotatable bonds is 5. The third-order valence-electron chi connectivity index (χ3n) is 3.66. The minimum Gasteiger partial charge on any atom is -0.497 e. The van der Waals surface area contributed by atoms with Crippen molar-refractivity contribution in [3.63, 3.8) is 0 Å². The van der Waals surface area contributed by atoms with Gasteiger partial charge in [-0.15, -0.1) is 11.3 Å². The molecule has 0 aliphatic carbocycles. The van der Waals surface area contributed by atoms with Gasteiger partial charge in [-0.25, -0.2) is 4.79 Å². The smallest absolute Gasteiger partial charge is 0.341 e. The van der Waals surface area contributed by atoms with Gasteiger partial charge in [0, 0.05) is 10.9 Å². The molecule has 0 spiro atoms. The molecule has 0 aliphatic heterocycles. The monoisotopic (exact) mass is 349 g/mol. The average molecular weight is 349 g/mol. The molecule has 7 heteroatoms. The van der Waals surface area contributed by atoms with Gasteiger partial charge in [0.25, 0.3) is 5.91 Å². The standard InChI is InChI=1S/C17H19NO5S/c1-9-10(2)24-16(14(9)17(20)23-5)18-15(19)12-7-6-11(21-3)8-13(12)22-4/h6-8H,1-5H3,(H,18,19). The van der Waals surface area contributed by atoms with Crippen molar-refractivity contribution in [2.24, 2.45) is 0 Å². The largest absolute Gasteiger partial charge is 0.497 e. The molecule has 1 N–H and O–H groups in total. The summed E-state index contributed by atoms with van der Waals surface area (Å²) in [6.07, 6.45) is 0. The molecule has 0 atom stereocenters. The van der Waals surface area contributed by atoms with Crippen LogP contribution in [-0.4, -0.2) is 33.2 Å². The van der Waals surface area contributed by atoms with Gasteiger partial charge in [-0.2, -0.15) is 0 Å². The Morgan fingerprint density at radius 3 is 2.38 bits per heavy atom. The van der Waals surface area contributed by atoms with Crippen LogP contribution in [0.5, 0.6) is 11.5 Å². The van der Waals surface area contributed by atoms with Gasteiger partial charge in [-0.05, 0) is 31.5 Å². The second-order valence-electron chi connectivity index (χ2n) is 5.00. The van der Waals surface area contributed by atoms with Gasteiger partial charge in [0.2, 0.25) is 0 Å². The number of aryl methyl sites for hydroxylation is 1. The number of carbonyl (C=O) groups is 2. The number of thiophene rings is 1. The molecule has 128 valence electrons. The van der Waals surface area contributed by atoms with Crippen LogP contribution in [0.3, 0.4) is 0 Å². The summed E-state index contributed by atoms with van der Waals surface area (Å²) in [6.45, 7) is 3.71. The van der Waals surface area contributed by atoms with Crippen molar-refractivity contribution >= 4 is 28.2 Å². The van der Waals surface area contributed by atoms with Crippen LogP contribution >= 0.6 is 11.3 Å². The summed E-state index contributed by atoms with van der Waals surface area (Å²) in [6, 6.07) is 4.91. The molecule has 0 aliphatic rings. The lowest BCUT2D eigenvalue weighted by Gasteiger charge is -2.11. The number of esters is 1. The predicted octanol–water partition coefficient (Wildman–Crippen LogP) is 3.42. The van der Waals surface area contributed by atoms with E-state index in [0.717, 1.165) is 10.4 Å². The van der Waals surface area contributed by atoms with E-state index in [1.165, 1.54) is 32.7 Å². The number of hydrogen-bond acceptors (Lipinski definition) is 6. The molecule has 1 amide bonds. The molecule has 0 saturated carbocycles. The zero-order valence-electron chi connectivity index (χ0n) is 14.2. The van der Waals surface area contributed by atoms with Gasteiger partial charge in [-0.3, -0.25) is 4.79 Å². The molecule has 0 fully saturated rings. The SMILES string of the molecule is COC(=O)c1c(NC(=O)c2ccc(OC)cc2OC)sc(C)c1C. The molecule has 24 heavy (non-hydrogen) atoms. The van der Waals surface area contributed by atoms with Crippen LogP contribution in [0.4, 0.5) is 5.00 Å². The van der Waals surface area contributed by atoms with E-state index in [4.69, 9.17) is 14.2 Å². The molecule has 2 aromatic rings. The Balaban J connectivity index is 2.37. The molecule has 0 radical (unpaired) electrons. The van der Waals surface area contributed by atoms with Crippen LogP contribution in [-0.2, 0) is 4.74 Å². The molecule has 1 aromatic heterocycles. The van der Waals surface area contributed by atoms with Crippen molar-refractivity contribution in [1.29, 1.82) is 0 Å². The van der Waals surface area contributed by atoms with Crippen LogP contribution in [0.15, 0.2) is 18.2 Å². The normalized spacial score (nSPS) is 10.2. The molecule has 0 unspecified atom stereocenters. The lowest BCUT2D eigenvalue weighted by atomic mass is 10.1. The summed E-state index contributed by atoms with van der Waals surface area (Å²) < 4.78 is 15.2. The number of hydrogen-bond donors (Lipinski definition) is 1. The van der Waals surface area contributed by atoms with Crippen LogP contribution in [0.2, 0.25) is 0 Å². The van der Waals surface area contributed by atoms with E-state index in [-0.39, 0.29) is 5.91 Å². The summed E-state index contributed by atoms with van der Waals surface area (Å²) in [7, 11) is 4.33. The first-order valence-corrected chi connectivity index (χ1v) is 7.96. The first kappa shape index (κ1) is 17.8. The van der Waals surface area contributed by atoms with Crippen molar-refractivity contribution in [2.45, 2.75) is 13.8 Å². The zero-order chi connectivity index (χ0) is 17.9. The Bertz CT molecular complexity index is 782. The van der Waals surface area contributed by atoms with Crippen molar-refractivity contribution in [2.75, 3.05) is 26.6 Å². The quantitative estimate of drug-likeness (QED) is 0.837. The predicted molar refractivity (Wildman–Crippen MR) is 92.6 cm³/mol. The molecule has 2 rings (SSSR count). The molecule has 1 heterocycles. The van der Waals surface area contributed by atoms with E-state index < -0.39 is 5.97 Å². The van der Waals surface area contributed by atoms with Crippen molar-refractivity contribution < 1.29 is 23.8 Å². The third-order valence-corrected chi connectivity index (χ3v) is 4.78. The van der Waals surface area contributed by atoms with E-state index in [1.807, 2.05) is 13.8 Å². The zero-order valence-corrected chi connectivity index (χ0v) is 15.0. The Morgan fingerprint density at radius 1 is 1.08 bits per heavy atom.